The Morgan fingerprint density at radius 2 is 1.59 bits per heavy atom. The van der Waals surface area contributed by atoms with Gasteiger partial charge in [0.25, 0.3) is 0 Å². The van der Waals surface area contributed by atoms with Crippen molar-refractivity contribution in [1.29, 1.82) is 0 Å². The molecular formula is C24H26ClNO5S. The number of rotatable bonds is 10. The molecule has 3 aromatic rings. The van der Waals surface area contributed by atoms with Crippen LogP contribution in [0.15, 0.2) is 82.6 Å². The van der Waals surface area contributed by atoms with Crippen LogP contribution in [0.2, 0.25) is 5.02 Å². The van der Waals surface area contributed by atoms with E-state index in [4.69, 9.17) is 22.1 Å². The van der Waals surface area contributed by atoms with Gasteiger partial charge >= 0.3 is 0 Å². The highest BCUT2D eigenvalue weighted by molar-refractivity contribution is 7.91. The molecule has 0 unspecified atom stereocenters. The minimum atomic E-state index is -3.81. The Morgan fingerprint density at radius 3 is 2.25 bits per heavy atom. The molecular weight excluding hydrogens is 450 g/mol. The van der Waals surface area contributed by atoms with Crippen LogP contribution in [0.5, 0.6) is 5.75 Å². The first-order chi connectivity index (χ1) is 15.3. The van der Waals surface area contributed by atoms with Gasteiger partial charge in [0.05, 0.1) is 28.5 Å². The van der Waals surface area contributed by atoms with E-state index in [9.17, 15) is 18.6 Å². The highest BCUT2D eigenvalue weighted by Crippen LogP contribution is 2.29. The highest BCUT2D eigenvalue weighted by Gasteiger charge is 2.24. The molecule has 0 fully saturated rings. The lowest BCUT2D eigenvalue weighted by Crippen LogP contribution is -2.47. The lowest BCUT2D eigenvalue weighted by molar-refractivity contribution is 0.115. The minimum Gasteiger partial charge on any atom is -0.489 e. The van der Waals surface area contributed by atoms with Crippen molar-refractivity contribution in [3.05, 3.63) is 88.9 Å². The Bertz CT molecular complexity index is 1150. The Labute approximate surface area is 193 Å². The molecule has 0 saturated carbocycles. The van der Waals surface area contributed by atoms with Gasteiger partial charge in [0.2, 0.25) is 9.84 Å². The summed E-state index contributed by atoms with van der Waals surface area (Å²) in [5, 5.41) is 18.9. The van der Waals surface area contributed by atoms with Crippen LogP contribution in [0.4, 0.5) is 0 Å². The molecule has 170 valence electrons. The highest BCUT2D eigenvalue weighted by atomic mass is 35.5. The van der Waals surface area contributed by atoms with Crippen molar-refractivity contribution >= 4 is 21.4 Å². The molecule has 0 aliphatic rings. The van der Waals surface area contributed by atoms with Crippen LogP contribution < -0.4 is 10.5 Å². The number of aliphatic hydroxyl groups excluding tert-OH is 2. The number of sulfone groups is 1. The molecule has 0 bridgehead atoms. The molecule has 0 atom stereocenters. The van der Waals surface area contributed by atoms with E-state index < -0.39 is 15.4 Å². The number of nitrogens with two attached hydrogens (primary N) is 1. The molecule has 0 saturated heterocycles. The number of ether oxygens (including phenoxy) is 1. The molecule has 0 radical (unpaired) electrons. The van der Waals surface area contributed by atoms with E-state index in [1.165, 1.54) is 24.3 Å². The van der Waals surface area contributed by atoms with Crippen molar-refractivity contribution < 1.29 is 23.4 Å². The fraction of sp³-hybridized carbons (Fsp3) is 0.250. The summed E-state index contributed by atoms with van der Waals surface area (Å²) in [5.74, 6) is 0.449. The van der Waals surface area contributed by atoms with Gasteiger partial charge in [-0.05, 0) is 54.3 Å². The van der Waals surface area contributed by atoms with E-state index in [1.54, 1.807) is 18.2 Å². The first-order valence-electron chi connectivity index (χ1n) is 10.1. The van der Waals surface area contributed by atoms with Crippen LogP contribution in [0.1, 0.15) is 17.5 Å². The smallest absolute Gasteiger partial charge is 0.206 e. The molecule has 0 spiro atoms. The number of aliphatic hydroxyl groups is 2. The van der Waals surface area contributed by atoms with Crippen LogP contribution >= 0.6 is 11.6 Å². The van der Waals surface area contributed by atoms with Crippen molar-refractivity contribution in [3.8, 4) is 5.75 Å². The fourth-order valence-electron chi connectivity index (χ4n) is 3.10. The Hall–Kier alpha value is -2.42. The molecule has 4 N–H and O–H groups in total. The van der Waals surface area contributed by atoms with Crippen LogP contribution in [-0.2, 0) is 22.9 Å². The van der Waals surface area contributed by atoms with Gasteiger partial charge in [0, 0.05) is 5.02 Å². The second-order valence-electron chi connectivity index (χ2n) is 7.68. The molecule has 0 aliphatic heterocycles. The third-order valence-corrected chi connectivity index (χ3v) is 7.32. The number of aryl methyl sites for hydroxylation is 1. The third-order valence-electron chi connectivity index (χ3n) is 5.22. The number of halogens is 1. The molecule has 32 heavy (non-hydrogen) atoms. The summed E-state index contributed by atoms with van der Waals surface area (Å²) in [6.45, 7) is -0.401. The van der Waals surface area contributed by atoms with E-state index in [1.807, 2.05) is 30.3 Å². The lowest BCUT2D eigenvalue weighted by Gasteiger charge is -2.24. The van der Waals surface area contributed by atoms with E-state index >= 15 is 0 Å². The predicted octanol–water partition coefficient (Wildman–Crippen LogP) is 3.37. The molecule has 0 aliphatic carbocycles. The Kier molecular flexibility index (Phi) is 7.92. The molecule has 3 aromatic carbocycles. The summed E-state index contributed by atoms with van der Waals surface area (Å²) < 4.78 is 32.0. The van der Waals surface area contributed by atoms with Crippen molar-refractivity contribution in [2.75, 3.05) is 13.2 Å². The zero-order chi connectivity index (χ0) is 23.2. The van der Waals surface area contributed by atoms with Gasteiger partial charge in [-0.25, -0.2) is 8.42 Å². The van der Waals surface area contributed by atoms with Crippen molar-refractivity contribution in [3.63, 3.8) is 0 Å². The van der Waals surface area contributed by atoms with Gasteiger partial charge in [-0.15, -0.1) is 0 Å². The Balaban J connectivity index is 1.76. The molecule has 0 heterocycles. The van der Waals surface area contributed by atoms with Gasteiger partial charge in [0.15, 0.2) is 0 Å². The van der Waals surface area contributed by atoms with E-state index in [0.717, 1.165) is 5.56 Å². The summed E-state index contributed by atoms with van der Waals surface area (Å²) in [7, 11) is -3.81. The topological polar surface area (TPSA) is 110 Å². The average molecular weight is 476 g/mol. The van der Waals surface area contributed by atoms with Crippen LogP contribution in [-0.4, -0.2) is 37.4 Å². The summed E-state index contributed by atoms with van der Waals surface area (Å²) in [4.78, 5) is 0.170. The second kappa shape index (κ2) is 10.5. The normalized spacial score (nSPS) is 12.0. The maximum atomic E-state index is 13.1. The zero-order valence-electron chi connectivity index (χ0n) is 17.4. The van der Waals surface area contributed by atoms with Crippen LogP contribution in [0, 0.1) is 0 Å². The largest absolute Gasteiger partial charge is 0.489 e. The molecule has 8 heteroatoms. The van der Waals surface area contributed by atoms with E-state index in [2.05, 4.69) is 0 Å². The van der Waals surface area contributed by atoms with Crippen LogP contribution in [0.3, 0.4) is 0 Å². The summed E-state index contributed by atoms with van der Waals surface area (Å²) >= 11 is 6.33. The van der Waals surface area contributed by atoms with Crippen molar-refractivity contribution in [2.45, 2.75) is 34.8 Å². The SMILES string of the molecule is NC(CO)(CO)CCc1ccc(S(=O)(=O)c2cccc(OCc3ccccc3)c2)cc1Cl. The molecule has 3 rings (SSSR count). The van der Waals surface area contributed by atoms with Gasteiger partial charge in [-0.2, -0.15) is 0 Å². The quantitative estimate of drug-likeness (QED) is 0.414. The summed E-state index contributed by atoms with van der Waals surface area (Å²) in [6.07, 6.45) is 0.687. The number of hydrogen-bond donors (Lipinski definition) is 3. The van der Waals surface area contributed by atoms with Gasteiger partial charge < -0.3 is 20.7 Å². The Morgan fingerprint density at radius 1 is 0.906 bits per heavy atom. The number of benzene rings is 3. The first-order valence-corrected chi connectivity index (χ1v) is 11.9. The average Bonchev–Trinajstić information content (AvgIpc) is 2.82. The summed E-state index contributed by atoms with van der Waals surface area (Å²) in [6, 6.07) is 20.5. The van der Waals surface area contributed by atoms with Crippen LogP contribution in [0.25, 0.3) is 0 Å². The first kappa shape index (κ1) is 24.2. The minimum absolute atomic E-state index is 0.0646. The third kappa shape index (κ3) is 5.88. The molecule has 6 nitrogen and oxygen atoms in total. The van der Waals surface area contributed by atoms with E-state index in [0.29, 0.717) is 30.8 Å². The van der Waals surface area contributed by atoms with Gasteiger partial charge in [-0.1, -0.05) is 54.1 Å². The van der Waals surface area contributed by atoms with Crippen molar-refractivity contribution in [2.24, 2.45) is 5.73 Å². The van der Waals surface area contributed by atoms with E-state index in [-0.39, 0.29) is 28.0 Å². The molecule has 0 aromatic heterocycles. The lowest BCUT2D eigenvalue weighted by atomic mass is 9.94. The van der Waals surface area contributed by atoms with Gasteiger partial charge in [-0.3, -0.25) is 0 Å². The fourth-order valence-corrected chi connectivity index (χ4v) is 4.76. The number of hydrogen-bond acceptors (Lipinski definition) is 6. The predicted molar refractivity (Wildman–Crippen MR) is 124 cm³/mol. The maximum Gasteiger partial charge on any atom is 0.206 e. The summed E-state index contributed by atoms with van der Waals surface area (Å²) in [5.41, 5.74) is 6.44. The second-order valence-corrected chi connectivity index (χ2v) is 10.0. The maximum absolute atomic E-state index is 13.1. The van der Waals surface area contributed by atoms with Gasteiger partial charge in [0.1, 0.15) is 12.4 Å². The monoisotopic (exact) mass is 475 g/mol. The molecule has 0 amide bonds. The standard InChI is InChI=1S/C24H26ClNO5S/c25-23-14-22(10-9-19(23)11-12-24(26,16-27)17-28)32(29,30)21-8-4-7-20(13-21)31-15-18-5-2-1-3-6-18/h1-10,13-14,27-28H,11-12,15-17,26H2. The zero-order valence-corrected chi connectivity index (χ0v) is 19.0. The van der Waals surface area contributed by atoms with Crippen molar-refractivity contribution in [1.82, 2.24) is 0 Å².